The van der Waals surface area contributed by atoms with E-state index in [1.807, 2.05) is 0 Å². The van der Waals surface area contributed by atoms with Gasteiger partial charge in [0.15, 0.2) is 5.78 Å². The van der Waals surface area contributed by atoms with Gasteiger partial charge in [0.2, 0.25) is 0 Å². The first-order valence-corrected chi connectivity index (χ1v) is 7.04. The van der Waals surface area contributed by atoms with Gasteiger partial charge in [0.1, 0.15) is 0 Å². The molecule has 0 bridgehead atoms. The summed E-state index contributed by atoms with van der Waals surface area (Å²) in [4.78, 5) is 12.3. The summed E-state index contributed by atoms with van der Waals surface area (Å²) >= 11 is 0. The van der Waals surface area contributed by atoms with Crippen LogP contribution in [0.2, 0.25) is 0 Å². The van der Waals surface area contributed by atoms with Crippen LogP contribution in [-0.4, -0.2) is 31.6 Å². The van der Waals surface area contributed by atoms with Gasteiger partial charge in [0.25, 0.3) is 0 Å². The highest BCUT2D eigenvalue weighted by atomic mass is 16.5. The molecule has 2 unspecified atom stereocenters. The van der Waals surface area contributed by atoms with Crippen molar-refractivity contribution in [3.8, 4) is 0 Å². The lowest BCUT2D eigenvalue weighted by Crippen LogP contribution is -2.37. The molecular formula is C14H25NO2. The molecule has 2 fully saturated rings. The summed E-state index contributed by atoms with van der Waals surface area (Å²) in [6.45, 7) is 3.09. The smallest absolute Gasteiger partial charge is 0.152 e. The second-order valence-corrected chi connectivity index (χ2v) is 5.58. The van der Waals surface area contributed by atoms with Crippen molar-refractivity contribution in [2.75, 3.05) is 13.7 Å². The van der Waals surface area contributed by atoms with Gasteiger partial charge in [-0.3, -0.25) is 4.79 Å². The molecular weight excluding hydrogens is 214 g/mol. The van der Waals surface area contributed by atoms with Crippen LogP contribution in [0.3, 0.4) is 0 Å². The van der Waals surface area contributed by atoms with Gasteiger partial charge in [-0.1, -0.05) is 13.3 Å². The van der Waals surface area contributed by atoms with Gasteiger partial charge in [0.05, 0.1) is 12.1 Å². The number of hydrogen-bond acceptors (Lipinski definition) is 3. The maximum absolute atomic E-state index is 12.3. The van der Waals surface area contributed by atoms with Gasteiger partial charge in [-0.05, 0) is 38.0 Å². The number of nitrogens with one attached hydrogen (secondary N) is 1. The first kappa shape index (κ1) is 13.0. The van der Waals surface area contributed by atoms with Gasteiger partial charge >= 0.3 is 0 Å². The molecule has 2 aliphatic rings. The van der Waals surface area contributed by atoms with Crippen LogP contribution < -0.4 is 5.32 Å². The molecule has 0 amide bonds. The minimum Gasteiger partial charge on any atom is -0.380 e. The van der Waals surface area contributed by atoms with Crippen molar-refractivity contribution in [1.82, 2.24) is 5.32 Å². The summed E-state index contributed by atoms with van der Waals surface area (Å²) < 4.78 is 5.30. The highest BCUT2D eigenvalue weighted by Gasteiger charge is 2.34. The number of Topliss-reactive ketones (excluding diaryl/α,β-unsaturated/α-hetero) is 1. The number of carbonyl (C=O) groups is 1. The van der Waals surface area contributed by atoms with E-state index in [2.05, 4.69) is 12.2 Å². The lowest BCUT2D eigenvalue weighted by Gasteiger charge is -2.28. The van der Waals surface area contributed by atoms with Crippen molar-refractivity contribution in [3.05, 3.63) is 0 Å². The Balaban J connectivity index is 1.81. The molecule has 0 aromatic carbocycles. The zero-order valence-electron chi connectivity index (χ0n) is 11.1. The third kappa shape index (κ3) is 3.08. The number of hydrogen-bond donors (Lipinski definition) is 1. The van der Waals surface area contributed by atoms with E-state index in [1.165, 1.54) is 19.3 Å². The van der Waals surface area contributed by atoms with E-state index in [-0.39, 0.29) is 12.1 Å². The fourth-order valence-electron chi connectivity index (χ4n) is 3.24. The Hall–Kier alpha value is -0.410. The van der Waals surface area contributed by atoms with Crippen LogP contribution in [0.25, 0.3) is 0 Å². The fraction of sp³-hybridized carbons (Fsp3) is 0.929. The maximum Gasteiger partial charge on any atom is 0.152 e. The molecule has 2 atom stereocenters. The monoisotopic (exact) mass is 239 g/mol. The van der Waals surface area contributed by atoms with E-state index in [9.17, 15) is 4.79 Å². The molecule has 0 aromatic heterocycles. The average Bonchev–Trinajstić information content (AvgIpc) is 2.87. The molecule has 3 nitrogen and oxygen atoms in total. The second kappa shape index (κ2) is 5.96. The van der Waals surface area contributed by atoms with Gasteiger partial charge in [0, 0.05) is 19.6 Å². The summed E-state index contributed by atoms with van der Waals surface area (Å²) in [5.74, 6) is 1.62. The van der Waals surface area contributed by atoms with E-state index >= 15 is 0 Å². The molecule has 1 aliphatic heterocycles. The molecule has 0 aromatic rings. The number of rotatable bonds is 4. The highest BCUT2D eigenvalue weighted by Crippen LogP contribution is 2.32. The predicted octanol–water partition coefficient (Wildman–Crippen LogP) is 2.15. The number of carbonyl (C=O) groups excluding carboxylic acids is 1. The van der Waals surface area contributed by atoms with E-state index in [4.69, 9.17) is 4.74 Å². The summed E-state index contributed by atoms with van der Waals surface area (Å²) in [7, 11) is 1.73. The van der Waals surface area contributed by atoms with Gasteiger partial charge in [-0.15, -0.1) is 0 Å². The largest absolute Gasteiger partial charge is 0.380 e. The molecule has 3 heteroatoms. The van der Waals surface area contributed by atoms with Crippen molar-refractivity contribution >= 4 is 5.78 Å². The van der Waals surface area contributed by atoms with Crippen molar-refractivity contribution < 1.29 is 9.53 Å². The fourth-order valence-corrected chi connectivity index (χ4v) is 3.24. The molecule has 1 saturated carbocycles. The minimum absolute atomic E-state index is 0.0585. The Morgan fingerprint density at radius 1 is 1.29 bits per heavy atom. The SMILES string of the molecule is CCC1CCC(C(=O)C2CC(OC)CN2)CC1. The molecule has 1 heterocycles. The van der Waals surface area contributed by atoms with Gasteiger partial charge < -0.3 is 10.1 Å². The zero-order chi connectivity index (χ0) is 12.3. The molecule has 0 spiro atoms. The maximum atomic E-state index is 12.3. The third-order valence-electron chi connectivity index (χ3n) is 4.59. The Labute approximate surface area is 104 Å². The standard InChI is InChI=1S/C14H25NO2/c1-3-10-4-6-11(7-5-10)14(16)13-8-12(17-2)9-15-13/h10-13,15H,3-9H2,1-2H3. The Bertz CT molecular complexity index is 259. The topological polar surface area (TPSA) is 38.3 Å². The highest BCUT2D eigenvalue weighted by molar-refractivity contribution is 5.86. The molecule has 2 rings (SSSR count). The second-order valence-electron chi connectivity index (χ2n) is 5.58. The summed E-state index contributed by atoms with van der Waals surface area (Å²) in [5.41, 5.74) is 0. The van der Waals surface area contributed by atoms with Crippen LogP contribution in [0, 0.1) is 11.8 Å². The summed E-state index contributed by atoms with van der Waals surface area (Å²) in [6, 6.07) is 0.0585. The summed E-state index contributed by atoms with van der Waals surface area (Å²) in [5, 5.41) is 3.31. The lowest BCUT2D eigenvalue weighted by molar-refractivity contribution is -0.126. The van der Waals surface area contributed by atoms with Crippen LogP contribution in [0.15, 0.2) is 0 Å². The van der Waals surface area contributed by atoms with Gasteiger partial charge in [-0.25, -0.2) is 0 Å². The Kier molecular flexibility index (Phi) is 4.57. The van der Waals surface area contributed by atoms with Crippen molar-refractivity contribution in [2.24, 2.45) is 11.8 Å². The Morgan fingerprint density at radius 2 is 2.00 bits per heavy atom. The number of ether oxygens (including phenoxy) is 1. The Morgan fingerprint density at radius 3 is 2.53 bits per heavy atom. The molecule has 1 saturated heterocycles. The molecule has 1 aliphatic carbocycles. The van der Waals surface area contributed by atoms with Crippen LogP contribution in [0.4, 0.5) is 0 Å². The molecule has 98 valence electrons. The molecule has 17 heavy (non-hydrogen) atoms. The van der Waals surface area contributed by atoms with Crippen molar-refractivity contribution in [1.29, 1.82) is 0 Å². The first-order chi connectivity index (χ1) is 8.24. The van der Waals surface area contributed by atoms with Crippen LogP contribution in [0.5, 0.6) is 0 Å². The van der Waals surface area contributed by atoms with Crippen LogP contribution in [-0.2, 0) is 9.53 Å². The van der Waals surface area contributed by atoms with E-state index in [0.29, 0.717) is 11.7 Å². The third-order valence-corrected chi connectivity index (χ3v) is 4.59. The normalized spacial score (nSPS) is 38.2. The van der Waals surface area contributed by atoms with Crippen LogP contribution >= 0.6 is 0 Å². The quantitative estimate of drug-likeness (QED) is 0.817. The lowest BCUT2D eigenvalue weighted by atomic mass is 9.77. The molecule has 1 N–H and O–H groups in total. The van der Waals surface area contributed by atoms with Crippen molar-refractivity contribution in [2.45, 2.75) is 57.6 Å². The van der Waals surface area contributed by atoms with E-state index in [1.54, 1.807) is 7.11 Å². The van der Waals surface area contributed by atoms with Crippen LogP contribution in [0.1, 0.15) is 45.4 Å². The zero-order valence-corrected chi connectivity index (χ0v) is 11.1. The predicted molar refractivity (Wildman–Crippen MR) is 68.0 cm³/mol. The number of ketones is 1. The number of methoxy groups -OCH3 is 1. The molecule has 0 radical (unpaired) electrons. The van der Waals surface area contributed by atoms with E-state index in [0.717, 1.165) is 31.7 Å². The summed E-state index contributed by atoms with van der Waals surface area (Å²) in [6.07, 6.45) is 7.06. The van der Waals surface area contributed by atoms with Crippen molar-refractivity contribution in [3.63, 3.8) is 0 Å². The minimum atomic E-state index is 0.0585. The average molecular weight is 239 g/mol. The first-order valence-electron chi connectivity index (χ1n) is 7.04. The van der Waals surface area contributed by atoms with E-state index < -0.39 is 0 Å². The van der Waals surface area contributed by atoms with Gasteiger partial charge in [-0.2, -0.15) is 0 Å².